The first-order chi connectivity index (χ1) is 9.89. The first kappa shape index (κ1) is 15.4. The molecule has 0 aromatic carbocycles. The summed E-state index contributed by atoms with van der Waals surface area (Å²) in [6.45, 7) is 4.55. The molecule has 0 atom stereocenters. The van der Waals surface area contributed by atoms with E-state index in [4.69, 9.17) is 5.11 Å². The van der Waals surface area contributed by atoms with Crippen LogP contribution in [-0.2, 0) is 0 Å². The lowest BCUT2D eigenvalue weighted by molar-refractivity contribution is 0.0692. The number of carbonyl (C=O) groups excluding carboxylic acids is 1. The van der Waals surface area contributed by atoms with Gasteiger partial charge in [0, 0.05) is 12.2 Å². The summed E-state index contributed by atoms with van der Waals surface area (Å²) < 4.78 is 0. The summed E-state index contributed by atoms with van der Waals surface area (Å²) >= 11 is 0. The molecule has 2 rings (SSSR count). The molecule has 4 N–H and O–H groups in total. The molecule has 21 heavy (non-hydrogen) atoms. The number of aromatic carboxylic acids is 1. The summed E-state index contributed by atoms with van der Waals surface area (Å²) in [6, 6.07) is 1.26. The predicted octanol–water partition coefficient (Wildman–Crippen LogP) is 3.11. The van der Waals surface area contributed by atoms with E-state index in [1.165, 1.54) is 19.3 Å². The van der Waals surface area contributed by atoms with Crippen LogP contribution in [0.15, 0.2) is 6.07 Å². The van der Waals surface area contributed by atoms with Crippen molar-refractivity contribution in [1.29, 1.82) is 0 Å². The number of aromatic amines is 1. The van der Waals surface area contributed by atoms with Crippen molar-refractivity contribution in [3.63, 3.8) is 0 Å². The minimum atomic E-state index is -1.09. The summed E-state index contributed by atoms with van der Waals surface area (Å²) in [5.74, 6) is -1.09. The van der Waals surface area contributed by atoms with Crippen molar-refractivity contribution < 1.29 is 14.7 Å². The molecule has 1 heterocycles. The van der Waals surface area contributed by atoms with Gasteiger partial charge in [-0.3, -0.25) is 0 Å². The number of carbonyl (C=O) groups is 2. The van der Waals surface area contributed by atoms with Gasteiger partial charge in [0.25, 0.3) is 0 Å². The van der Waals surface area contributed by atoms with Gasteiger partial charge in [0.1, 0.15) is 5.69 Å². The Labute approximate surface area is 124 Å². The van der Waals surface area contributed by atoms with Gasteiger partial charge >= 0.3 is 12.0 Å². The van der Waals surface area contributed by atoms with Crippen molar-refractivity contribution in [3.05, 3.63) is 17.5 Å². The van der Waals surface area contributed by atoms with Crippen LogP contribution < -0.4 is 10.6 Å². The highest BCUT2D eigenvalue weighted by atomic mass is 16.4. The Balaban J connectivity index is 1.91. The second-order valence-corrected chi connectivity index (χ2v) is 6.23. The van der Waals surface area contributed by atoms with Crippen LogP contribution in [0, 0.1) is 12.3 Å². The van der Waals surface area contributed by atoms with Gasteiger partial charge in [-0.2, -0.15) is 0 Å². The van der Waals surface area contributed by atoms with E-state index in [-0.39, 0.29) is 17.1 Å². The van der Waals surface area contributed by atoms with E-state index in [1.807, 2.05) is 0 Å². The van der Waals surface area contributed by atoms with Crippen LogP contribution in [0.25, 0.3) is 0 Å². The van der Waals surface area contributed by atoms with Crippen LogP contribution in [0.4, 0.5) is 10.5 Å². The SMILES string of the molecule is Cc1cc(NC(=O)NCC2(C)CCCCC2)c(C(=O)O)[nH]1. The highest BCUT2D eigenvalue weighted by molar-refractivity contribution is 5.99. The lowest BCUT2D eigenvalue weighted by Crippen LogP contribution is -2.39. The number of hydrogen-bond donors (Lipinski definition) is 4. The number of urea groups is 1. The molecule has 1 aromatic rings. The first-order valence-corrected chi connectivity index (χ1v) is 7.37. The molecule has 2 amide bonds. The Morgan fingerprint density at radius 2 is 2.00 bits per heavy atom. The van der Waals surface area contributed by atoms with Crippen molar-refractivity contribution in [2.45, 2.75) is 46.0 Å². The summed E-state index contributed by atoms with van der Waals surface area (Å²) in [5.41, 5.74) is 1.15. The molecule has 1 aromatic heterocycles. The molecule has 0 saturated heterocycles. The van der Waals surface area contributed by atoms with Crippen LogP contribution in [0.5, 0.6) is 0 Å². The van der Waals surface area contributed by atoms with Crippen molar-refractivity contribution >= 4 is 17.7 Å². The van der Waals surface area contributed by atoms with Gasteiger partial charge in [0.15, 0.2) is 0 Å². The molecule has 1 aliphatic rings. The monoisotopic (exact) mass is 293 g/mol. The smallest absolute Gasteiger partial charge is 0.354 e. The Morgan fingerprint density at radius 1 is 1.33 bits per heavy atom. The normalized spacial score (nSPS) is 17.2. The molecule has 116 valence electrons. The summed E-state index contributed by atoms with van der Waals surface area (Å²) in [4.78, 5) is 25.7. The average Bonchev–Trinajstić information content (AvgIpc) is 2.78. The summed E-state index contributed by atoms with van der Waals surface area (Å²) in [7, 11) is 0. The predicted molar refractivity (Wildman–Crippen MR) is 80.7 cm³/mol. The van der Waals surface area contributed by atoms with Gasteiger partial charge in [-0.1, -0.05) is 26.2 Å². The zero-order valence-electron chi connectivity index (χ0n) is 12.6. The molecule has 0 unspecified atom stereocenters. The third kappa shape index (κ3) is 4.00. The minimum absolute atomic E-state index is 0.00604. The topological polar surface area (TPSA) is 94.2 Å². The summed E-state index contributed by atoms with van der Waals surface area (Å²) in [6.07, 6.45) is 5.93. The molecular weight excluding hydrogens is 270 g/mol. The number of H-pyrrole nitrogens is 1. The van der Waals surface area contributed by atoms with Crippen LogP contribution in [0.1, 0.15) is 55.2 Å². The van der Waals surface area contributed by atoms with E-state index in [0.717, 1.165) is 12.8 Å². The molecule has 1 aliphatic carbocycles. The molecule has 1 saturated carbocycles. The maximum Gasteiger partial charge on any atom is 0.354 e. The molecule has 0 spiro atoms. The number of amides is 2. The van der Waals surface area contributed by atoms with Crippen LogP contribution >= 0.6 is 0 Å². The molecular formula is C15H23N3O3. The number of anilines is 1. The number of rotatable bonds is 4. The van der Waals surface area contributed by atoms with Crippen molar-refractivity contribution in [3.8, 4) is 0 Å². The zero-order valence-corrected chi connectivity index (χ0v) is 12.6. The molecule has 6 heteroatoms. The van der Waals surface area contributed by atoms with Gasteiger partial charge in [0.05, 0.1) is 5.69 Å². The Hall–Kier alpha value is -1.98. The number of nitrogens with one attached hydrogen (secondary N) is 3. The Kier molecular flexibility index (Phi) is 4.55. The highest BCUT2D eigenvalue weighted by Crippen LogP contribution is 2.34. The van der Waals surface area contributed by atoms with Crippen LogP contribution in [0.3, 0.4) is 0 Å². The van der Waals surface area contributed by atoms with Gasteiger partial charge in [-0.05, 0) is 31.2 Å². The standard InChI is InChI=1S/C15H23N3O3/c1-10-8-11(12(17-10)13(19)20)18-14(21)16-9-15(2)6-4-3-5-7-15/h8,17H,3-7,9H2,1-2H3,(H,19,20)(H2,16,18,21). The van der Waals surface area contributed by atoms with Crippen molar-refractivity contribution in [1.82, 2.24) is 10.3 Å². The fourth-order valence-electron chi connectivity index (χ4n) is 2.90. The van der Waals surface area contributed by atoms with E-state index in [2.05, 4.69) is 22.5 Å². The fourth-order valence-corrected chi connectivity index (χ4v) is 2.90. The third-order valence-electron chi connectivity index (χ3n) is 4.15. The number of aryl methyl sites for hydroxylation is 1. The largest absolute Gasteiger partial charge is 0.477 e. The lowest BCUT2D eigenvalue weighted by Gasteiger charge is -2.33. The first-order valence-electron chi connectivity index (χ1n) is 7.37. The Bertz CT molecular complexity index is 530. The number of aromatic nitrogens is 1. The van der Waals surface area contributed by atoms with E-state index < -0.39 is 5.97 Å². The number of hydrogen-bond acceptors (Lipinski definition) is 2. The second-order valence-electron chi connectivity index (χ2n) is 6.23. The fraction of sp³-hybridized carbons (Fsp3) is 0.600. The highest BCUT2D eigenvalue weighted by Gasteiger charge is 2.27. The molecule has 0 bridgehead atoms. The third-order valence-corrected chi connectivity index (χ3v) is 4.15. The maximum atomic E-state index is 12.0. The quantitative estimate of drug-likeness (QED) is 0.687. The van der Waals surface area contributed by atoms with E-state index >= 15 is 0 Å². The van der Waals surface area contributed by atoms with Crippen LogP contribution in [0.2, 0.25) is 0 Å². The lowest BCUT2D eigenvalue weighted by atomic mass is 9.76. The van der Waals surface area contributed by atoms with Gasteiger partial charge < -0.3 is 20.7 Å². The van der Waals surface area contributed by atoms with E-state index in [9.17, 15) is 9.59 Å². The van der Waals surface area contributed by atoms with Gasteiger partial charge in [-0.25, -0.2) is 9.59 Å². The molecule has 0 radical (unpaired) electrons. The number of carboxylic acids is 1. The average molecular weight is 293 g/mol. The van der Waals surface area contributed by atoms with Crippen LogP contribution in [-0.4, -0.2) is 28.6 Å². The zero-order chi connectivity index (χ0) is 15.5. The summed E-state index contributed by atoms with van der Waals surface area (Å²) in [5, 5.41) is 14.5. The second kappa shape index (κ2) is 6.20. The van der Waals surface area contributed by atoms with Crippen molar-refractivity contribution in [2.75, 3.05) is 11.9 Å². The Morgan fingerprint density at radius 3 is 2.62 bits per heavy atom. The van der Waals surface area contributed by atoms with Crippen molar-refractivity contribution in [2.24, 2.45) is 5.41 Å². The van der Waals surface area contributed by atoms with Gasteiger partial charge in [0.2, 0.25) is 0 Å². The van der Waals surface area contributed by atoms with Gasteiger partial charge in [-0.15, -0.1) is 0 Å². The molecule has 1 fully saturated rings. The molecule has 0 aliphatic heterocycles. The molecule has 6 nitrogen and oxygen atoms in total. The van der Waals surface area contributed by atoms with E-state index in [0.29, 0.717) is 17.9 Å². The minimum Gasteiger partial charge on any atom is -0.477 e. The number of carboxylic acid groups (broad SMARTS) is 1. The van der Waals surface area contributed by atoms with E-state index in [1.54, 1.807) is 13.0 Å². The maximum absolute atomic E-state index is 12.0.